The van der Waals surface area contributed by atoms with E-state index in [4.69, 9.17) is 4.74 Å². The Morgan fingerprint density at radius 2 is 1.71 bits per heavy atom. The lowest BCUT2D eigenvalue weighted by Crippen LogP contribution is -2.49. The van der Waals surface area contributed by atoms with Crippen molar-refractivity contribution < 1.29 is 22.7 Å². The topological polar surface area (TPSA) is 76.4 Å². The Kier molecular flexibility index (Phi) is 5.49. The number of ether oxygens (including phenoxy) is 1. The van der Waals surface area contributed by atoms with Crippen molar-refractivity contribution in [1.82, 2.24) is 24.9 Å². The lowest BCUT2D eigenvalue weighted by atomic mass is 10.1. The molecule has 1 aromatic carbocycles. The van der Waals surface area contributed by atoms with Crippen molar-refractivity contribution in [1.29, 1.82) is 0 Å². The quantitative estimate of drug-likeness (QED) is 0.631. The summed E-state index contributed by atoms with van der Waals surface area (Å²) in [4.78, 5) is 16.5. The maximum Gasteiger partial charge on any atom is 0.434 e. The molecule has 3 aromatic rings. The van der Waals surface area contributed by atoms with Crippen LogP contribution in [-0.4, -0.2) is 64.1 Å². The molecule has 8 nitrogen and oxygen atoms in total. The fourth-order valence-electron chi connectivity index (χ4n) is 3.46. The summed E-state index contributed by atoms with van der Waals surface area (Å²) in [5, 5.41) is 11.2. The van der Waals surface area contributed by atoms with Crippen LogP contribution in [-0.2, 0) is 6.18 Å². The molecular formula is C20H19F3N6O2. The van der Waals surface area contributed by atoms with E-state index in [1.54, 1.807) is 0 Å². The fraction of sp³-hybridized carbons (Fsp3) is 0.300. The summed E-state index contributed by atoms with van der Waals surface area (Å²) < 4.78 is 47.1. The maximum absolute atomic E-state index is 13.9. The molecular weight excluding hydrogens is 413 g/mol. The van der Waals surface area contributed by atoms with Gasteiger partial charge in [0.15, 0.2) is 11.5 Å². The summed E-state index contributed by atoms with van der Waals surface area (Å²) >= 11 is 0. The summed E-state index contributed by atoms with van der Waals surface area (Å²) in [5.41, 5.74) is -0.683. The molecule has 0 bridgehead atoms. The number of rotatable bonds is 4. The van der Waals surface area contributed by atoms with E-state index < -0.39 is 23.3 Å². The van der Waals surface area contributed by atoms with Gasteiger partial charge in [-0.05, 0) is 18.2 Å². The van der Waals surface area contributed by atoms with Crippen LogP contribution >= 0.6 is 0 Å². The van der Waals surface area contributed by atoms with Crippen molar-refractivity contribution in [3.05, 3.63) is 59.9 Å². The second-order valence-electron chi connectivity index (χ2n) is 6.87. The normalized spacial score (nSPS) is 14.6. The Hall–Kier alpha value is -3.63. The maximum atomic E-state index is 13.9. The van der Waals surface area contributed by atoms with E-state index in [2.05, 4.69) is 20.2 Å². The summed E-state index contributed by atoms with van der Waals surface area (Å²) in [6, 6.07) is 12.3. The third-order valence-electron chi connectivity index (χ3n) is 5.01. The Morgan fingerprint density at radius 3 is 2.29 bits per heavy atom. The predicted molar refractivity (Wildman–Crippen MR) is 105 cm³/mol. The zero-order valence-electron chi connectivity index (χ0n) is 16.6. The van der Waals surface area contributed by atoms with Gasteiger partial charge in [-0.1, -0.05) is 18.2 Å². The van der Waals surface area contributed by atoms with E-state index in [1.807, 2.05) is 30.3 Å². The summed E-state index contributed by atoms with van der Waals surface area (Å²) in [5.74, 6) is -0.731. The van der Waals surface area contributed by atoms with Crippen LogP contribution in [0.4, 0.5) is 18.9 Å². The van der Waals surface area contributed by atoms with Gasteiger partial charge in [0, 0.05) is 37.9 Å². The highest BCUT2D eigenvalue weighted by molar-refractivity contribution is 5.95. The fourth-order valence-corrected chi connectivity index (χ4v) is 3.46. The van der Waals surface area contributed by atoms with Crippen molar-refractivity contribution >= 4 is 11.6 Å². The van der Waals surface area contributed by atoms with Crippen LogP contribution in [0.25, 0.3) is 5.82 Å². The lowest BCUT2D eigenvalue weighted by molar-refractivity contribution is -0.143. The first-order valence-electron chi connectivity index (χ1n) is 9.51. The minimum atomic E-state index is -4.81. The van der Waals surface area contributed by atoms with Crippen LogP contribution < -0.4 is 9.64 Å². The second-order valence-corrected chi connectivity index (χ2v) is 6.87. The van der Waals surface area contributed by atoms with Crippen molar-refractivity contribution in [3.8, 4) is 11.7 Å². The number of anilines is 1. The number of piperazine rings is 1. The third kappa shape index (κ3) is 4.16. The third-order valence-corrected chi connectivity index (χ3v) is 5.01. The van der Waals surface area contributed by atoms with E-state index in [9.17, 15) is 18.0 Å². The average molecular weight is 432 g/mol. The molecule has 0 aliphatic carbocycles. The first-order chi connectivity index (χ1) is 14.9. The lowest BCUT2D eigenvalue weighted by Gasteiger charge is -2.36. The van der Waals surface area contributed by atoms with E-state index in [0.29, 0.717) is 30.9 Å². The number of benzene rings is 1. The number of nitrogens with zero attached hydrogens (tertiary/aromatic N) is 6. The Morgan fingerprint density at radius 1 is 1.00 bits per heavy atom. The number of carbonyl (C=O) groups excluding carboxylic acids is 1. The summed E-state index contributed by atoms with van der Waals surface area (Å²) in [6.45, 7) is 1.65. The highest BCUT2D eigenvalue weighted by Gasteiger charge is 2.42. The van der Waals surface area contributed by atoms with Crippen LogP contribution in [0.2, 0.25) is 0 Å². The van der Waals surface area contributed by atoms with Gasteiger partial charge in [-0.15, -0.1) is 10.2 Å². The Labute approximate surface area is 175 Å². The molecule has 3 heterocycles. The van der Waals surface area contributed by atoms with Gasteiger partial charge in [0.25, 0.3) is 5.91 Å². The number of para-hydroxylation sites is 1. The zero-order chi connectivity index (χ0) is 22.0. The van der Waals surface area contributed by atoms with Crippen LogP contribution in [0, 0.1) is 0 Å². The second kappa shape index (κ2) is 8.25. The molecule has 4 rings (SSSR count). The van der Waals surface area contributed by atoms with E-state index in [1.165, 1.54) is 24.1 Å². The van der Waals surface area contributed by atoms with E-state index in [-0.39, 0.29) is 11.7 Å². The van der Waals surface area contributed by atoms with Gasteiger partial charge >= 0.3 is 6.18 Å². The molecule has 1 saturated heterocycles. The Balaban J connectivity index is 1.58. The number of hydrogen-bond acceptors (Lipinski definition) is 6. The monoisotopic (exact) mass is 432 g/mol. The molecule has 162 valence electrons. The van der Waals surface area contributed by atoms with Gasteiger partial charge < -0.3 is 14.5 Å². The average Bonchev–Trinajstić information content (AvgIpc) is 3.25. The number of amides is 1. The molecule has 1 amide bonds. The molecule has 0 unspecified atom stereocenters. The molecule has 0 N–H and O–H groups in total. The summed E-state index contributed by atoms with van der Waals surface area (Å²) in [7, 11) is 1.37. The first-order valence-corrected chi connectivity index (χ1v) is 9.51. The van der Waals surface area contributed by atoms with Crippen molar-refractivity contribution in [2.75, 3.05) is 38.2 Å². The zero-order valence-corrected chi connectivity index (χ0v) is 16.6. The Bertz CT molecular complexity index is 1050. The molecule has 0 spiro atoms. The van der Waals surface area contributed by atoms with Crippen LogP contribution in [0.1, 0.15) is 16.1 Å². The first kappa shape index (κ1) is 20.6. The van der Waals surface area contributed by atoms with Crippen LogP contribution in [0.15, 0.2) is 48.7 Å². The van der Waals surface area contributed by atoms with E-state index in [0.717, 1.165) is 11.9 Å². The number of hydrogen-bond donors (Lipinski definition) is 0. The predicted octanol–water partition coefficient (Wildman–Crippen LogP) is 2.65. The molecule has 11 heteroatoms. The highest BCUT2D eigenvalue weighted by Crippen LogP contribution is 2.34. The number of aromatic nitrogens is 4. The number of halogens is 3. The number of alkyl halides is 3. The SMILES string of the molecule is COc1ccc(-n2ncc(C(=O)N3CCN(c4ccccc4)CC3)c2C(F)(F)F)nn1. The van der Waals surface area contributed by atoms with E-state index >= 15 is 0 Å². The van der Waals surface area contributed by atoms with Crippen molar-refractivity contribution in [2.45, 2.75) is 6.18 Å². The highest BCUT2D eigenvalue weighted by atomic mass is 19.4. The largest absolute Gasteiger partial charge is 0.480 e. The van der Waals surface area contributed by atoms with Gasteiger partial charge in [-0.25, -0.2) is 4.68 Å². The number of carbonyl (C=O) groups is 1. The minimum absolute atomic E-state index is 0.150. The molecule has 0 radical (unpaired) electrons. The van der Waals surface area contributed by atoms with Gasteiger partial charge in [0.2, 0.25) is 5.88 Å². The number of methoxy groups -OCH3 is 1. The standard InChI is InChI=1S/C20H19F3N6O2/c1-31-17-8-7-16(25-26-17)29-18(20(21,22)23)15(13-24-29)19(30)28-11-9-27(10-12-28)14-5-3-2-4-6-14/h2-8,13H,9-12H2,1H3. The summed E-state index contributed by atoms with van der Waals surface area (Å²) in [6.07, 6.45) is -3.88. The van der Waals surface area contributed by atoms with Crippen molar-refractivity contribution in [3.63, 3.8) is 0 Å². The molecule has 1 fully saturated rings. The smallest absolute Gasteiger partial charge is 0.434 e. The van der Waals surface area contributed by atoms with Gasteiger partial charge in [0.1, 0.15) is 0 Å². The van der Waals surface area contributed by atoms with Crippen LogP contribution in [0.3, 0.4) is 0 Å². The van der Waals surface area contributed by atoms with Gasteiger partial charge in [-0.2, -0.15) is 18.3 Å². The van der Waals surface area contributed by atoms with Gasteiger partial charge in [-0.3, -0.25) is 4.79 Å². The molecule has 0 atom stereocenters. The molecule has 2 aromatic heterocycles. The molecule has 0 saturated carbocycles. The molecule has 31 heavy (non-hydrogen) atoms. The molecule has 1 aliphatic rings. The van der Waals surface area contributed by atoms with Crippen LogP contribution in [0.5, 0.6) is 5.88 Å². The van der Waals surface area contributed by atoms with Crippen molar-refractivity contribution in [2.24, 2.45) is 0 Å². The molecule has 1 aliphatic heterocycles. The minimum Gasteiger partial charge on any atom is -0.480 e. The van der Waals surface area contributed by atoms with Gasteiger partial charge in [0.05, 0.1) is 18.9 Å².